The van der Waals surface area contributed by atoms with E-state index in [1.807, 2.05) is 30.3 Å². The van der Waals surface area contributed by atoms with Crippen LogP contribution in [0.15, 0.2) is 59.6 Å². The van der Waals surface area contributed by atoms with Crippen molar-refractivity contribution in [3.63, 3.8) is 0 Å². The van der Waals surface area contributed by atoms with Crippen LogP contribution in [0.1, 0.15) is 40.9 Å². The van der Waals surface area contributed by atoms with Crippen molar-refractivity contribution >= 4 is 11.9 Å². The van der Waals surface area contributed by atoms with Gasteiger partial charge < -0.3 is 20.1 Å². The number of nitrogens with one attached hydrogen (secondary N) is 2. The van der Waals surface area contributed by atoms with Gasteiger partial charge in [-0.15, -0.1) is 0 Å². The summed E-state index contributed by atoms with van der Waals surface area (Å²) in [6.45, 7) is 4.12. The fourth-order valence-electron chi connectivity index (χ4n) is 2.64. The van der Waals surface area contributed by atoms with Crippen LogP contribution in [-0.2, 0) is 16.0 Å². The number of ether oxygens (including phenoxy) is 2. The van der Waals surface area contributed by atoms with Gasteiger partial charge in [-0.3, -0.25) is 4.99 Å². The molecule has 0 fully saturated rings. The van der Waals surface area contributed by atoms with Crippen LogP contribution in [0.2, 0.25) is 0 Å². The molecule has 0 aromatic heterocycles. The number of hydrogen-bond donors (Lipinski definition) is 2. The Labute approximate surface area is 167 Å². The molecule has 2 aromatic carbocycles. The van der Waals surface area contributed by atoms with E-state index in [9.17, 15) is 4.79 Å². The number of esters is 1. The summed E-state index contributed by atoms with van der Waals surface area (Å²) in [6, 6.07) is 17.5. The van der Waals surface area contributed by atoms with Crippen LogP contribution < -0.4 is 10.6 Å². The zero-order chi connectivity index (χ0) is 20.2. The monoisotopic (exact) mass is 383 g/mol. The topological polar surface area (TPSA) is 72.0 Å². The number of hydrogen-bond acceptors (Lipinski definition) is 4. The van der Waals surface area contributed by atoms with Gasteiger partial charge in [-0.2, -0.15) is 0 Å². The average molecular weight is 383 g/mol. The van der Waals surface area contributed by atoms with Crippen molar-refractivity contribution in [3.8, 4) is 0 Å². The van der Waals surface area contributed by atoms with E-state index in [1.165, 1.54) is 12.7 Å². The van der Waals surface area contributed by atoms with Gasteiger partial charge in [-0.05, 0) is 36.6 Å². The molecule has 0 aliphatic rings. The maximum atomic E-state index is 11.5. The number of aliphatic imine (C=N–C) groups is 1. The normalized spacial score (nSPS) is 12.3. The molecule has 2 aromatic rings. The predicted octanol–water partition coefficient (Wildman–Crippen LogP) is 3.31. The van der Waals surface area contributed by atoms with Crippen molar-refractivity contribution in [2.45, 2.75) is 26.0 Å². The third kappa shape index (κ3) is 7.04. The fourth-order valence-corrected chi connectivity index (χ4v) is 2.64. The number of guanidine groups is 1. The molecule has 6 nitrogen and oxygen atoms in total. The quantitative estimate of drug-likeness (QED) is 0.301. The Morgan fingerprint density at radius 3 is 2.43 bits per heavy atom. The van der Waals surface area contributed by atoms with E-state index in [2.05, 4.69) is 34.7 Å². The minimum Gasteiger partial charge on any atom is -0.465 e. The van der Waals surface area contributed by atoms with Crippen molar-refractivity contribution < 1.29 is 14.3 Å². The largest absolute Gasteiger partial charge is 0.465 e. The summed E-state index contributed by atoms with van der Waals surface area (Å²) >= 11 is 0. The van der Waals surface area contributed by atoms with Gasteiger partial charge in [-0.1, -0.05) is 42.5 Å². The molecule has 2 N–H and O–H groups in total. The maximum Gasteiger partial charge on any atom is 0.337 e. The van der Waals surface area contributed by atoms with Crippen molar-refractivity contribution in [1.82, 2.24) is 10.6 Å². The third-order valence-corrected chi connectivity index (χ3v) is 4.31. The molecular formula is C22H29N3O3. The Kier molecular flexibility index (Phi) is 9.01. The van der Waals surface area contributed by atoms with Gasteiger partial charge in [0, 0.05) is 26.7 Å². The van der Waals surface area contributed by atoms with Crippen LogP contribution in [0.25, 0.3) is 0 Å². The first-order valence-electron chi connectivity index (χ1n) is 9.42. The van der Waals surface area contributed by atoms with Crippen LogP contribution >= 0.6 is 0 Å². The van der Waals surface area contributed by atoms with Crippen LogP contribution in [0.4, 0.5) is 0 Å². The summed E-state index contributed by atoms with van der Waals surface area (Å²) in [5.41, 5.74) is 2.78. The highest BCUT2D eigenvalue weighted by atomic mass is 16.5. The predicted molar refractivity (Wildman–Crippen MR) is 111 cm³/mol. The highest BCUT2D eigenvalue weighted by molar-refractivity contribution is 5.89. The summed E-state index contributed by atoms with van der Waals surface area (Å²) in [5, 5.41) is 6.53. The zero-order valence-electron chi connectivity index (χ0n) is 16.8. The number of carbonyl (C=O) groups is 1. The van der Waals surface area contributed by atoms with Gasteiger partial charge in [-0.25, -0.2) is 4.79 Å². The molecule has 6 heteroatoms. The van der Waals surface area contributed by atoms with E-state index in [1.54, 1.807) is 19.2 Å². The third-order valence-electron chi connectivity index (χ3n) is 4.31. The first-order valence-corrected chi connectivity index (χ1v) is 9.42. The molecule has 0 aliphatic carbocycles. The Morgan fingerprint density at radius 1 is 1.07 bits per heavy atom. The first-order chi connectivity index (χ1) is 13.6. The number of methoxy groups -OCH3 is 1. The lowest BCUT2D eigenvalue weighted by molar-refractivity contribution is 0.0600. The molecule has 1 atom stereocenters. The van der Waals surface area contributed by atoms with E-state index in [4.69, 9.17) is 9.47 Å². The maximum absolute atomic E-state index is 11.5. The van der Waals surface area contributed by atoms with E-state index in [-0.39, 0.29) is 12.1 Å². The molecule has 0 bridgehead atoms. The van der Waals surface area contributed by atoms with Crippen molar-refractivity contribution in [2.24, 2.45) is 4.99 Å². The highest BCUT2D eigenvalue weighted by Gasteiger charge is 2.06. The van der Waals surface area contributed by atoms with Crippen molar-refractivity contribution in [2.75, 3.05) is 27.3 Å². The summed E-state index contributed by atoms with van der Waals surface area (Å²) < 4.78 is 10.6. The second-order valence-corrected chi connectivity index (χ2v) is 6.32. The van der Waals surface area contributed by atoms with Gasteiger partial charge in [0.15, 0.2) is 5.96 Å². The summed E-state index contributed by atoms with van der Waals surface area (Å²) in [6.07, 6.45) is 0.970. The minimum atomic E-state index is -0.333. The van der Waals surface area contributed by atoms with Crippen LogP contribution in [0.3, 0.4) is 0 Å². The molecule has 2 rings (SSSR count). The zero-order valence-corrected chi connectivity index (χ0v) is 16.8. The van der Waals surface area contributed by atoms with Crippen molar-refractivity contribution in [1.29, 1.82) is 0 Å². The second-order valence-electron chi connectivity index (χ2n) is 6.32. The van der Waals surface area contributed by atoms with Gasteiger partial charge in [0.1, 0.15) is 0 Å². The van der Waals surface area contributed by atoms with E-state index >= 15 is 0 Å². The van der Waals surface area contributed by atoms with Crippen molar-refractivity contribution in [3.05, 3.63) is 71.3 Å². The standard InChI is InChI=1S/C22H29N3O3/c1-17(19-8-5-4-6-9-19)28-15-7-14-24-22(23-2)25-16-18-10-12-20(13-11-18)21(26)27-3/h4-6,8-13,17H,7,14-16H2,1-3H3,(H2,23,24,25). The molecule has 0 saturated carbocycles. The average Bonchev–Trinajstić information content (AvgIpc) is 2.75. The molecular weight excluding hydrogens is 354 g/mol. The molecule has 0 saturated heterocycles. The smallest absolute Gasteiger partial charge is 0.337 e. The lowest BCUT2D eigenvalue weighted by Crippen LogP contribution is -2.37. The minimum absolute atomic E-state index is 0.0894. The SMILES string of the molecule is CN=C(NCCCOC(C)c1ccccc1)NCc1ccc(C(=O)OC)cc1. The Hall–Kier alpha value is -2.86. The molecule has 28 heavy (non-hydrogen) atoms. The molecule has 0 spiro atoms. The highest BCUT2D eigenvalue weighted by Crippen LogP contribution is 2.15. The molecule has 0 amide bonds. The Morgan fingerprint density at radius 2 is 1.79 bits per heavy atom. The van der Waals surface area contributed by atoms with E-state index in [0.717, 1.165) is 24.5 Å². The first kappa shape index (κ1) is 21.4. The molecule has 1 unspecified atom stereocenters. The van der Waals surface area contributed by atoms with Crippen LogP contribution in [-0.4, -0.2) is 39.2 Å². The van der Waals surface area contributed by atoms with Gasteiger partial charge in [0.05, 0.1) is 18.8 Å². The van der Waals surface area contributed by atoms with Crippen LogP contribution in [0, 0.1) is 0 Å². The summed E-state index contributed by atoms with van der Waals surface area (Å²) in [7, 11) is 3.12. The van der Waals surface area contributed by atoms with Gasteiger partial charge in [0.2, 0.25) is 0 Å². The van der Waals surface area contributed by atoms with E-state index < -0.39 is 0 Å². The number of nitrogens with zero attached hydrogens (tertiary/aromatic N) is 1. The molecule has 0 radical (unpaired) electrons. The molecule has 0 aliphatic heterocycles. The summed E-state index contributed by atoms with van der Waals surface area (Å²) in [5.74, 6) is 0.397. The molecule has 0 heterocycles. The number of rotatable bonds is 9. The van der Waals surface area contributed by atoms with Gasteiger partial charge >= 0.3 is 5.97 Å². The summed E-state index contributed by atoms with van der Waals surface area (Å²) in [4.78, 5) is 15.7. The van der Waals surface area contributed by atoms with Crippen LogP contribution in [0.5, 0.6) is 0 Å². The second kappa shape index (κ2) is 11.8. The van der Waals surface area contributed by atoms with E-state index in [0.29, 0.717) is 18.7 Å². The Bertz CT molecular complexity index is 745. The molecule has 150 valence electrons. The fraction of sp³-hybridized carbons (Fsp3) is 0.364. The number of benzene rings is 2. The lowest BCUT2D eigenvalue weighted by atomic mass is 10.1. The lowest BCUT2D eigenvalue weighted by Gasteiger charge is -2.15. The Balaban J connectivity index is 1.65. The van der Waals surface area contributed by atoms with Gasteiger partial charge in [0.25, 0.3) is 0 Å². The number of carbonyl (C=O) groups excluding carboxylic acids is 1.